The van der Waals surface area contributed by atoms with Gasteiger partial charge in [0.1, 0.15) is 11.0 Å². The Morgan fingerprint density at radius 3 is 2.50 bits per heavy atom. The van der Waals surface area contributed by atoms with Crippen LogP contribution in [0, 0.1) is 11.3 Å². The van der Waals surface area contributed by atoms with Crippen LogP contribution in [0.3, 0.4) is 0 Å². The SMILES string of the molecule is CNCc1cc(-c2cscc2C#N)n(S(=O)(=O)c2cccnc2)c1.O=C(O)/C=C/C(=O)O. The van der Waals surface area contributed by atoms with Crippen LogP contribution in [0.5, 0.6) is 0 Å². The second-order valence-electron chi connectivity index (χ2n) is 6.07. The first-order valence-corrected chi connectivity index (χ1v) is 11.2. The van der Waals surface area contributed by atoms with Gasteiger partial charge in [-0.15, -0.1) is 0 Å². The van der Waals surface area contributed by atoms with E-state index >= 15 is 0 Å². The largest absolute Gasteiger partial charge is 0.478 e. The smallest absolute Gasteiger partial charge is 0.328 e. The molecule has 0 bridgehead atoms. The number of carboxylic acids is 2. The van der Waals surface area contributed by atoms with Crippen LogP contribution in [-0.4, -0.2) is 46.6 Å². The molecule has 10 nitrogen and oxygen atoms in total. The Labute approximate surface area is 187 Å². The first-order chi connectivity index (χ1) is 15.2. The molecule has 3 aromatic heterocycles. The standard InChI is InChI=1S/C16H14N4O2S2.C4H4O4/c1-18-7-12-5-16(15-11-23-10-13(15)6-17)20(9-12)24(21,22)14-3-2-4-19-8-14;5-3(6)1-2-4(7)8/h2-5,8-11,18H,7H2,1H3;1-2H,(H,5,6)(H,7,8)/b;2-1+. The lowest BCUT2D eigenvalue weighted by molar-refractivity contribution is -0.134. The van der Waals surface area contributed by atoms with Crippen molar-refractivity contribution in [3.63, 3.8) is 0 Å². The Hall–Kier alpha value is -3.79. The highest BCUT2D eigenvalue weighted by Crippen LogP contribution is 2.31. The van der Waals surface area contributed by atoms with Crippen LogP contribution in [0.15, 0.2) is 64.6 Å². The Bertz CT molecular complexity index is 1250. The molecule has 12 heteroatoms. The van der Waals surface area contributed by atoms with E-state index in [1.165, 1.54) is 33.8 Å². The van der Waals surface area contributed by atoms with Crippen LogP contribution < -0.4 is 5.32 Å². The number of aliphatic carboxylic acids is 2. The summed E-state index contributed by atoms with van der Waals surface area (Å²) in [6.45, 7) is 0.522. The summed E-state index contributed by atoms with van der Waals surface area (Å²) < 4.78 is 27.2. The number of rotatable bonds is 7. The van der Waals surface area contributed by atoms with Gasteiger partial charge in [-0.2, -0.15) is 16.6 Å². The molecule has 3 aromatic rings. The van der Waals surface area contributed by atoms with Crippen LogP contribution >= 0.6 is 11.3 Å². The fraction of sp³-hybridized carbons (Fsp3) is 0.100. The van der Waals surface area contributed by atoms with E-state index in [4.69, 9.17) is 10.2 Å². The summed E-state index contributed by atoms with van der Waals surface area (Å²) in [5.41, 5.74) is 2.35. The Kier molecular flexibility index (Phi) is 8.42. The summed E-state index contributed by atoms with van der Waals surface area (Å²) in [5, 5.41) is 31.4. The summed E-state index contributed by atoms with van der Waals surface area (Å²) in [6, 6.07) is 6.97. The monoisotopic (exact) mass is 474 g/mol. The van der Waals surface area contributed by atoms with Gasteiger partial charge in [-0.05, 0) is 30.8 Å². The van der Waals surface area contributed by atoms with E-state index in [1.54, 1.807) is 36.1 Å². The maximum Gasteiger partial charge on any atom is 0.328 e. The zero-order valence-corrected chi connectivity index (χ0v) is 18.3. The lowest BCUT2D eigenvalue weighted by Gasteiger charge is -2.09. The van der Waals surface area contributed by atoms with Crippen molar-refractivity contribution in [1.29, 1.82) is 5.26 Å². The topological polar surface area (TPSA) is 162 Å². The molecule has 0 saturated heterocycles. The van der Waals surface area contributed by atoms with E-state index in [2.05, 4.69) is 16.4 Å². The minimum Gasteiger partial charge on any atom is -0.478 e. The van der Waals surface area contributed by atoms with Crippen molar-refractivity contribution in [2.45, 2.75) is 11.4 Å². The third-order valence-corrected chi connectivity index (χ3v) is 6.24. The van der Waals surface area contributed by atoms with Crippen LogP contribution in [0.4, 0.5) is 0 Å². The van der Waals surface area contributed by atoms with Gasteiger partial charge in [0.25, 0.3) is 10.0 Å². The molecule has 0 saturated carbocycles. The van der Waals surface area contributed by atoms with Gasteiger partial charge in [0.15, 0.2) is 0 Å². The number of thiophene rings is 1. The zero-order valence-electron chi connectivity index (χ0n) is 16.7. The average molecular weight is 475 g/mol. The van der Waals surface area contributed by atoms with E-state index in [0.29, 0.717) is 35.5 Å². The van der Waals surface area contributed by atoms with Crippen molar-refractivity contribution in [3.8, 4) is 17.3 Å². The number of hydrogen-bond donors (Lipinski definition) is 3. The third-order valence-electron chi connectivity index (χ3n) is 3.84. The van der Waals surface area contributed by atoms with Crippen molar-refractivity contribution in [2.24, 2.45) is 0 Å². The maximum absolute atomic E-state index is 13.0. The number of pyridine rings is 1. The molecule has 166 valence electrons. The van der Waals surface area contributed by atoms with E-state index in [0.717, 1.165) is 5.56 Å². The lowest BCUT2D eigenvalue weighted by atomic mass is 10.1. The zero-order chi connectivity index (χ0) is 23.7. The number of nitrogens with zero attached hydrogens (tertiary/aromatic N) is 3. The predicted octanol–water partition coefficient (Wildman–Crippen LogP) is 2.15. The summed E-state index contributed by atoms with van der Waals surface area (Å²) in [5.74, 6) is -2.51. The second-order valence-corrected chi connectivity index (χ2v) is 8.63. The van der Waals surface area contributed by atoms with Crippen LogP contribution in [0.1, 0.15) is 11.1 Å². The Morgan fingerprint density at radius 1 is 1.28 bits per heavy atom. The van der Waals surface area contributed by atoms with Gasteiger partial charge in [0.05, 0.1) is 11.3 Å². The minimum atomic E-state index is -3.80. The molecule has 0 spiro atoms. The fourth-order valence-corrected chi connectivity index (χ4v) is 4.65. The van der Waals surface area contributed by atoms with Gasteiger partial charge in [-0.3, -0.25) is 4.98 Å². The minimum absolute atomic E-state index is 0.103. The molecule has 0 fully saturated rings. The highest BCUT2D eigenvalue weighted by molar-refractivity contribution is 7.90. The molecule has 3 N–H and O–H groups in total. The molecule has 0 radical (unpaired) electrons. The first kappa shape index (κ1) is 24.5. The van der Waals surface area contributed by atoms with E-state index in [9.17, 15) is 23.3 Å². The quantitative estimate of drug-likeness (QED) is 0.435. The lowest BCUT2D eigenvalue weighted by Crippen LogP contribution is -2.13. The third kappa shape index (κ3) is 6.11. The van der Waals surface area contributed by atoms with Crippen molar-refractivity contribution < 1.29 is 28.2 Å². The highest BCUT2D eigenvalue weighted by Gasteiger charge is 2.23. The summed E-state index contributed by atoms with van der Waals surface area (Å²) in [7, 11) is -2.01. The molecule has 0 aliphatic carbocycles. The van der Waals surface area contributed by atoms with Crippen molar-refractivity contribution in [2.75, 3.05) is 7.05 Å². The molecule has 0 atom stereocenters. The fourth-order valence-electron chi connectivity index (χ4n) is 2.53. The number of aromatic nitrogens is 2. The summed E-state index contributed by atoms with van der Waals surface area (Å²) in [6.07, 6.45) is 5.53. The Morgan fingerprint density at radius 2 is 1.97 bits per heavy atom. The van der Waals surface area contributed by atoms with Gasteiger partial charge in [0, 0.05) is 53.6 Å². The maximum atomic E-state index is 13.0. The molecular weight excluding hydrogens is 456 g/mol. The summed E-state index contributed by atoms with van der Waals surface area (Å²) >= 11 is 1.36. The molecule has 3 heterocycles. The first-order valence-electron chi connectivity index (χ1n) is 8.82. The van der Waals surface area contributed by atoms with Crippen molar-refractivity contribution in [1.82, 2.24) is 14.3 Å². The van der Waals surface area contributed by atoms with Crippen molar-refractivity contribution in [3.05, 3.63) is 70.8 Å². The molecule has 0 amide bonds. The van der Waals surface area contributed by atoms with Gasteiger partial charge in [-0.25, -0.2) is 22.0 Å². The molecule has 0 unspecified atom stereocenters. The normalized spacial score (nSPS) is 10.9. The number of carbonyl (C=O) groups is 2. The molecule has 0 aliphatic rings. The predicted molar refractivity (Wildman–Crippen MR) is 116 cm³/mol. The van der Waals surface area contributed by atoms with Gasteiger partial charge >= 0.3 is 11.9 Å². The van der Waals surface area contributed by atoms with E-state index in [-0.39, 0.29) is 4.90 Å². The number of carboxylic acid groups (broad SMARTS) is 2. The van der Waals surface area contributed by atoms with Crippen LogP contribution in [0.25, 0.3) is 11.3 Å². The number of nitrogens with one attached hydrogen (secondary N) is 1. The molecular formula is C20H18N4O6S2. The van der Waals surface area contributed by atoms with E-state index < -0.39 is 22.0 Å². The number of nitriles is 1. The van der Waals surface area contributed by atoms with Gasteiger partial charge < -0.3 is 15.5 Å². The van der Waals surface area contributed by atoms with Gasteiger partial charge in [0.2, 0.25) is 0 Å². The van der Waals surface area contributed by atoms with Crippen LogP contribution in [0.2, 0.25) is 0 Å². The Balaban J connectivity index is 0.000000390. The number of hydrogen-bond acceptors (Lipinski definition) is 8. The summed E-state index contributed by atoms with van der Waals surface area (Å²) in [4.78, 5) is 23.1. The van der Waals surface area contributed by atoms with Gasteiger partial charge in [-0.1, -0.05) is 0 Å². The van der Waals surface area contributed by atoms with Crippen molar-refractivity contribution >= 4 is 33.3 Å². The van der Waals surface area contributed by atoms with Crippen LogP contribution in [-0.2, 0) is 26.2 Å². The second kappa shape index (κ2) is 11.0. The molecule has 3 rings (SSSR count). The molecule has 0 aliphatic heterocycles. The molecule has 0 aromatic carbocycles. The average Bonchev–Trinajstić information content (AvgIpc) is 3.40. The molecule has 32 heavy (non-hydrogen) atoms. The highest BCUT2D eigenvalue weighted by atomic mass is 32.2. The van der Waals surface area contributed by atoms with E-state index in [1.807, 2.05) is 0 Å².